The van der Waals surface area contributed by atoms with Crippen LogP contribution in [0.15, 0.2) is 12.7 Å². The van der Waals surface area contributed by atoms with Crippen LogP contribution < -0.4 is 5.49 Å². The molecule has 132 valence electrons. The molecule has 3 rings (SSSR count). The first-order valence-electron chi connectivity index (χ1n) is 7.56. The van der Waals surface area contributed by atoms with Crippen molar-refractivity contribution in [3.63, 3.8) is 0 Å². The van der Waals surface area contributed by atoms with Gasteiger partial charge in [-0.2, -0.15) is 0 Å². The zero-order chi connectivity index (χ0) is 17.3. The van der Waals surface area contributed by atoms with E-state index in [0.717, 1.165) is 0 Å². The number of fused-ring (bicyclic) bond motifs is 1. The number of hydrogen-bond acceptors (Lipinski definition) is 8. The van der Waals surface area contributed by atoms with Gasteiger partial charge in [0.05, 0.1) is 32.5 Å². The van der Waals surface area contributed by atoms with Gasteiger partial charge in [-0.25, -0.2) is 9.97 Å². The van der Waals surface area contributed by atoms with Crippen LogP contribution in [0.25, 0.3) is 11.2 Å². The first-order chi connectivity index (χ1) is 11.6. The number of nitrogens with zero attached hydrogens (tertiary/aromatic N) is 4. The third-order valence-electron chi connectivity index (χ3n) is 4.06. The molecule has 0 spiro atoms. The van der Waals surface area contributed by atoms with Crippen molar-refractivity contribution in [3.05, 3.63) is 18.1 Å². The Morgan fingerprint density at radius 2 is 2.12 bits per heavy atom. The molecule has 0 radical (unpaired) electrons. The van der Waals surface area contributed by atoms with E-state index in [9.17, 15) is 10.2 Å². The molecule has 1 saturated heterocycles. The van der Waals surface area contributed by atoms with Gasteiger partial charge in [0.1, 0.15) is 23.8 Å². The molecule has 1 aliphatic heterocycles. The fourth-order valence-electron chi connectivity index (χ4n) is 2.74. The number of aliphatic hydroxyl groups is 2. The first-order valence-corrected chi connectivity index (χ1v) is 7.56. The van der Waals surface area contributed by atoms with Crippen molar-refractivity contribution >= 4 is 11.2 Å². The highest BCUT2D eigenvalue weighted by molar-refractivity contribution is 5.68. The highest BCUT2D eigenvalue weighted by atomic mass is 16.6. The molecule has 2 aromatic heterocycles. The van der Waals surface area contributed by atoms with E-state index in [1.54, 1.807) is 23.3 Å². The van der Waals surface area contributed by atoms with Gasteiger partial charge in [0.2, 0.25) is 0 Å². The molecule has 1 fully saturated rings. The van der Waals surface area contributed by atoms with Gasteiger partial charge in [-0.3, -0.25) is 9.98 Å². The van der Waals surface area contributed by atoms with E-state index in [1.165, 1.54) is 12.7 Å². The van der Waals surface area contributed by atoms with E-state index in [1.807, 2.05) is 0 Å². The molecule has 0 unspecified atom stereocenters. The lowest BCUT2D eigenvalue weighted by Crippen LogP contribution is -2.36. The van der Waals surface area contributed by atoms with Crippen molar-refractivity contribution in [2.24, 2.45) is 7.05 Å². The molecule has 0 saturated carbocycles. The molecule has 10 nitrogen and oxygen atoms in total. The first kappa shape index (κ1) is 17.0. The number of imidazole rings is 1. The lowest BCUT2D eigenvalue weighted by Gasteiger charge is -2.22. The van der Waals surface area contributed by atoms with Gasteiger partial charge in [0, 0.05) is 14.2 Å². The van der Waals surface area contributed by atoms with Crippen molar-refractivity contribution < 1.29 is 24.4 Å². The molecule has 0 amide bonds. The number of hydrogen-bond donors (Lipinski definition) is 3. The van der Waals surface area contributed by atoms with Crippen LogP contribution in [0.2, 0.25) is 0 Å². The quantitative estimate of drug-likeness (QED) is 0.548. The minimum Gasteiger partial charge on any atom is -0.394 e. The SMILES string of the molecule is COCCO[C@@H]1[C@H](O)[C@@H](CO)O[C@H]1n1cnc2c(=N)n(C)cnc21. The summed E-state index contributed by atoms with van der Waals surface area (Å²) in [6, 6.07) is 0. The van der Waals surface area contributed by atoms with Crippen LogP contribution in [0.5, 0.6) is 0 Å². The number of aliphatic hydroxyl groups excluding tert-OH is 2. The predicted octanol–water partition coefficient (Wildman–Crippen LogP) is -1.47. The van der Waals surface area contributed by atoms with Crippen LogP contribution in [0.4, 0.5) is 0 Å². The Labute approximate surface area is 137 Å². The van der Waals surface area contributed by atoms with Crippen LogP contribution in [0.3, 0.4) is 0 Å². The summed E-state index contributed by atoms with van der Waals surface area (Å²) in [6.07, 6.45) is -0.170. The second-order valence-electron chi connectivity index (χ2n) is 5.59. The third-order valence-corrected chi connectivity index (χ3v) is 4.06. The number of rotatable bonds is 6. The minimum atomic E-state index is -0.996. The van der Waals surface area contributed by atoms with Gasteiger partial charge in [-0.05, 0) is 0 Å². The molecule has 2 aromatic rings. The second-order valence-corrected chi connectivity index (χ2v) is 5.59. The molecular weight excluding hydrogens is 318 g/mol. The zero-order valence-corrected chi connectivity index (χ0v) is 13.5. The van der Waals surface area contributed by atoms with Crippen LogP contribution >= 0.6 is 0 Å². The Morgan fingerprint density at radius 3 is 2.83 bits per heavy atom. The number of aryl methyl sites for hydroxylation is 1. The summed E-state index contributed by atoms with van der Waals surface area (Å²) < 4.78 is 19.5. The molecule has 3 N–H and O–H groups in total. The van der Waals surface area contributed by atoms with E-state index in [0.29, 0.717) is 17.8 Å². The van der Waals surface area contributed by atoms with Gasteiger partial charge in [-0.15, -0.1) is 0 Å². The fourth-order valence-corrected chi connectivity index (χ4v) is 2.74. The molecular formula is C14H21N5O5. The maximum atomic E-state index is 10.3. The number of ether oxygens (including phenoxy) is 3. The van der Waals surface area contributed by atoms with Gasteiger partial charge < -0.3 is 29.0 Å². The van der Waals surface area contributed by atoms with Gasteiger partial charge >= 0.3 is 0 Å². The minimum absolute atomic E-state index is 0.216. The summed E-state index contributed by atoms with van der Waals surface area (Å²) in [4.78, 5) is 8.51. The van der Waals surface area contributed by atoms with Gasteiger partial charge in [-0.1, -0.05) is 0 Å². The van der Waals surface area contributed by atoms with Crippen molar-refractivity contribution in [1.82, 2.24) is 19.1 Å². The van der Waals surface area contributed by atoms with Crippen molar-refractivity contribution in [3.8, 4) is 0 Å². The number of aromatic nitrogens is 4. The zero-order valence-electron chi connectivity index (χ0n) is 13.5. The van der Waals surface area contributed by atoms with E-state index in [2.05, 4.69) is 9.97 Å². The summed E-state index contributed by atoms with van der Waals surface area (Å²) in [7, 11) is 3.27. The summed E-state index contributed by atoms with van der Waals surface area (Å²) in [5, 5.41) is 27.8. The summed E-state index contributed by atoms with van der Waals surface area (Å²) >= 11 is 0. The molecule has 0 aromatic carbocycles. The van der Waals surface area contributed by atoms with Crippen molar-refractivity contribution in [2.75, 3.05) is 26.9 Å². The Morgan fingerprint density at radius 1 is 1.33 bits per heavy atom. The van der Waals surface area contributed by atoms with E-state index < -0.39 is 24.5 Å². The van der Waals surface area contributed by atoms with Crippen LogP contribution in [-0.4, -0.2) is 74.6 Å². The Bertz CT molecular complexity index is 760. The lowest BCUT2D eigenvalue weighted by atomic mass is 10.1. The van der Waals surface area contributed by atoms with Crippen LogP contribution in [-0.2, 0) is 21.3 Å². The average molecular weight is 339 g/mol. The molecule has 10 heteroatoms. The molecule has 1 aliphatic rings. The Kier molecular flexibility index (Phi) is 4.92. The normalized spacial score (nSPS) is 27.2. The average Bonchev–Trinajstić information content (AvgIpc) is 3.13. The predicted molar refractivity (Wildman–Crippen MR) is 81.0 cm³/mol. The highest BCUT2D eigenvalue weighted by Crippen LogP contribution is 2.32. The van der Waals surface area contributed by atoms with Gasteiger partial charge in [0.15, 0.2) is 17.4 Å². The number of methoxy groups -OCH3 is 1. The molecule has 3 heterocycles. The second kappa shape index (κ2) is 6.95. The smallest absolute Gasteiger partial charge is 0.167 e. The van der Waals surface area contributed by atoms with Gasteiger partial charge in [0.25, 0.3) is 0 Å². The van der Waals surface area contributed by atoms with E-state index in [4.69, 9.17) is 19.6 Å². The molecule has 0 aliphatic carbocycles. The third kappa shape index (κ3) is 2.82. The topological polar surface area (TPSA) is 128 Å². The summed E-state index contributed by atoms with van der Waals surface area (Å²) in [5.41, 5.74) is 1.09. The fraction of sp³-hybridized carbons (Fsp3) is 0.643. The largest absolute Gasteiger partial charge is 0.394 e. The Balaban J connectivity index is 1.96. The number of nitrogens with one attached hydrogen (secondary N) is 1. The highest BCUT2D eigenvalue weighted by Gasteiger charge is 2.45. The summed E-state index contributed by atoms with van der Waals surface area (Å²) in [5.74, 6) is 0. The molecule has 4 atom stereocenters. The molecule has 24 heavy (non-hydrogen) atoms. The van der Waals surface area contributed by atoms with E-state index in [-0.39, 0.29) is 18.7 Å². The van der Waals surface area contributed by atoms with E-state index >= 15 is 0 Å². The van der Waals surface area contributed by atoms with Crippen LogP contribution in [0.1, 0.15) is 6.23 Å². The van der Waals surface area contributed by atoms with Crippen molar-refractivity contribution in [1.29, 1.82) is 5.41 Å². The maximum absolute atomic E-state index is 10.3. The standard InChI is InChI=1S/C14H21N5O5/c1-18-6-17-13-9(12(18)15)16-7-19(13)14-11(23-4-3-22-2)10(21)8(5-20)24-14/h6-8,10-11,14-15,20-21H,3-5H2,1-2H3/t8-,10-,11-,14-/m1/s1. The Hall–Kier alpha value is -1.85. The lowest BCUT2D eigenvalue weighted by molar-refractivity contribution is -0.0785. The van der Waals surface area contributed by atoms with Crippen LogP contribution in [0, 0.1) is 5.41 Å². The van der Waals surface area contributed by atoms with Crippen molar-refractivity contribution in [2.45, 2.75) is 24.5 Å². The maximum Gasteiger partial charge on any atom is 0.167 e. The summed E-state index contributed by atoms with van der Waals surface area (Å²) in [6.45, 7) is 0.310. The molecule has 0 bridgehead atoms. The monoisotopic (exact) mass is 339 g/mol.